The summed E-state index contributed by atoms with van der Waals surface area (Å²) >= 11 is 0. The molecule has 7 heteroatoms. The summed E-state index contributed by atoms with van der Waals surface area (Å²) in [5.74, 6) is -1.09. The van der Waals surface area contributed by atoms with Gasteiger partial charge in [-0.1, -0.05) is 36.4 Å². The molecule has 3 aromatic rings. The van der Waals surface area contributed by atoms with E-state index in [9.17, 15) is 19.8 Å². The second-order valence-corrected chi connectivity index (χ2v) is 8.69. The average Bonchev–Trinajstić information content (AvgIpc) is 2.89. The molecule has 3 aromatic carbocycles. The molecular weight excluding hydrogens is 448 g/mol. The molecule has 0 spiro atoms. The molecular formula is C28H24O7. The van der Waals surface area contributed by atoms with Gasteiger partial charge in [-0.25, -0.2) is 9.59 Å². The van der Waals surface area contributed by atoms with Gasteiger partial charge in [-0.15, -0.1) is 0 Å². The van der Waals surface area contributed by atoms with Crippen molar-refractivity contribution in [3.05, 3.63) is 108 Å². The summed E-state index contributed by atoms with van der Waals surface area (Å²) in [6.45, 7) is -0.154. The van der Waals surface area contributed by atoms with Crippen LogP contribution in [0.1, 0.15) is 26.3 Å². The van der Waals surface area contributed by atoms with Gasteiger partial charge in [-0.2, -0.15) is 0 Å². The Morgan fingerprint density at radius 1 is 0.943 bits per heavy atom. The number of aliphatic hydroxyl groups is 1. The van der Waals surface area contributed by atoms with Crippen molar-refractivity contribution in [1.29, 1.82) is 0 Å². The number of aliphatic hydroxyl groups excluding tert-OH is 1. The number of hydrogen-bond donors (Lipinski definition) is 2. The van der Waals surface area contributed by atoms with E-state index in [0.29, 0.717) is 28.9 Å². The van der Waals surface area contributed by atoms with E-state index in [4.69, 9.17) is 14.2 Å². The number of esters is 2. The number of phenolic OH excluding ortho intramolecular Hbond substituents is 1. The zero-order valence-corrected chi connectivity index (χ0v) is 18.7. The van der Waals surface area contributed by atoms with Gasteiger partial charge in [0.05, 0.1) is 11.1 Å². The number of phenols is 1. The van der Waals surface area contributed by atoms with Crippen LogP contribution in [0.5, 0.6) is 11.5 Å². The van der Waals surface area contributed by atoms with E-state index in [0.717, 1.165) is 0 Å². The Labute approximate surface area is 202 Å². The molecule has 2 aliphatic rings. The summed E-state index contributed by atoms with van der Waals surface area (Å²) < 4.78 is 17.5. The van der Waals surface area contributed by atoms with Crippen LogP contribution in [-0.2, 0) is 15.9 Å². The van der Waals surface area contributed by atoms with Crippen LogP contribution in [0.3, 0.4) is 0 Å². The standard InChI is InChI=1S/C28H24O7/c29-21-11-12-23-20(15-21)16-22-25(30)24(34-27(32)19-9-5-2-6-10-19)13-14-28(22,35-23)17-33-26(31)18-7-3-1-4-8-18/h1-15,22,24-25,29-30H,16-17H2/t22-,24-,25+,28+/m1/s1. The predicted octanol–water partition coefficient (Wildman–Crippen LogP) is 3.70. The quantitative estimate of drug-likeness (QED) is 0.431. The molecule has 1 heterocycles. The molecule has 0 saturated heterocycles. The number of aromatic hydroxyl groups is 1. The van der Waals surface area contributed by atoms with Gasteiger partial charge in [0, 0.05) is 5.92 Å². The molecule has 0 amide bonds. The maximum Gasteiger partial charge on any atom is 0.338 e. The minimum absolute atomic E-state index is 0.0725. The van der Waals surface area contributed by atoms with E-state index >= 15 is 0 Å². The van der Waals surface area contributed by atoms with Crippen LogP contribution in [0.2, 0.25) is 0 Å². The Kier molecular flexibility index (Phi) is 6.01. The molecule has 1 aliphatic carbocycles. The predicted molar refractivity (Wildman–Crippen MR) is 126 cm³/mol. The number of carbonyl (C=O) groups excluding carboxylic acids is 2. The highest BCUT2D eigenvalue weighted by molar-refractivity contribution is 5.90. The number of carbonyl (C=O) groups is 2. The third-order valence-corrected chi connectivity index (χ3v) is 6.42. The molecule has 0 aromatic heterocycles. The highest BCUT2D eigenvalue weighted by Gasteiger charge is 2.52. The van der Waals surface area contributed by atoms with Crippen molar-refractivity contribution in [2.45, 2.75) is 24.2 Å². The molecule has 5 rings (SSSR count). The van der Waals surface area contributed by atoms with Crippen LogP contribution < -0.4 is 4.74 Å². The van der Waals surface area contributed by atoms with Crippen LogP contribution in [-0.4, -0.2) is 46.6 Å². The second-order valence-electron chi connectivity index (χ2n) is 8.69. The first-order valence-electron chi connectivity index (χ1n) is 11.3. The number of hydrogen-bond acceptors (Lipinski definition) is 7. The summed E-state index contributed by atoms with van der Waals surface area (Å²) in [4.78, 5) is 25.2. The minimum Gasteiger partial charge on any atom is -0.508 e. The van der Waals surface area contributed by atoms with E-state index in [1.807, 2.05) is 0 Å². The summed E-state index contributed by atoms with van der Waals surface area (Å²) in [6, 6.07) is 21.9. The highest BCUT2D eigenvalue weighted by Crippen LogP contribution is 2.44. The highest BCUT2D eigenvalue weighted by atomic mass is 16.6. The molecule has 35 heavy (non-hydrogen) atoms. The zero-order valence-electron chi connectivity index (χ0n) is 18.7. The Hall–Kier alpha value is -4.10. The van der Waals surface area contributed by atoms with Crippen molar-refractivity contribution in [2.24, 2.45) is 5.92 Å². The fraction of sp³-hybridized carbons (Fsp3) is 0.214. The number of fused-ring (bicyclic) bond motifs is 2. The second kappa shape index (κ2) is 9.27. The van der Waals surface area contributed by atoms with Crippen molar-refractivity contribution in [3.63, 3.8) is 0 Å². The molecule has 0 bridgehead atoms. The van der Waals surface area contributed by atoms with Crippen LogP contribution in [0.25, 0.3) is 0 Å². The molecule has 4 atom stereocenters. The fourth-order valence-corrected chi connectivity index (χ4v) is 4.58. The van der Waals surface area contributed by atoms with E-state index < -0.39 is 35.7 Å². The third kappa shape index (κ3) is 4.50. The van der Waals surface area contributed by atoms with Gasteiger partial charge in [-0.3, -0.25) is 0 Å². The largest absolute Gasteiger partial charge is 0.508 e. The Balaban J connectivity index is 1.42. The molecule has 0 unspecified atom stereocenters. The van der Waals surface area contributed by atoms with E-state index in [1.54, 1.807) is 84.9 Å². The van der Waals surface area contributed by atoms with Crippen LogP contribution in [0, 0.1) is 5.92 Å². The molecule has 2 N–H and O–H groups in total. The first-order valence-corrected chi connectivity index (χ1v) is 11.3. The van der Waals surface area contributed by atoms with Gasteiger partial charge in [-0.05, 0) is 66.6 Å². The van der Waals surface area contributed by atoms with Gasteiger partial charge in [0.1, 0.15) is 30.3 Å². The lowest BCUT2D eigenvalue weighted by atomic mass is 9.72. The van der Waals surface area contributed by atoms with Crippen LogP contribution >= 0.6 is 0 Å². The van der Waals surface area contributed by atoms with Crippen LogP contribution in [0.15, 0.2) is 91.0 Å². The van der Waals surface area contributed by atoms with E-state index in [2.05, 4.69) is 0 Å². The molecule has 1 aliphatic heterocycles. The molecule has 0 radical (unpaired) electrons. The maximum absolute atomic E-state index is 12.6. The van der Waals surface area contributed by atoms with Crippen LogP contribution in [0.4, 0.5) is 0 Å². The fourth-order valence-electron chi connectivity index (χ4n) is 4.58. The summed E-state index contributed by atoms with van der Waals surface area (Å²) in [7, 11) is 0. The monoisotopic (exact) mass is 472 g/mol. The van der Waals surface area contributed by atoms with Gasteiger partial charge < -0.3 is 24.4 Å². The first kappa shape index (κ1) is 22.7. The van der Waals surface area contributed by atoms with Gasteiger partial charge in [0.25, 0.3) is 0 Å². The average molecular weight is 472 g/mol. The topological polar surface area (TPSA) is 102 Å². The Morgan fingerprint density at radius 3 is 2.29 bits per heavy atom. The number of ether oxygens (including phenoxy) is 3. The lowest BCUT2D eigenvalue weighted by molar-refractivity contribution is -0.107. The number of rotatable bonds is 5. The van der Waals surface area contributed by atoms with Crippen molar-refractivity contribution in [3.8, 4) is 11.5 Å². The first-order chi connectivity index (χ1) is 16.9. The van der Waals surface area contributed by atoms with Crippen molar-refractivity contribution >= 4 is 11.9 Å². The van der Waals surface area contributed by atoms with Gasteiger partial charge in [0.2, 0.25) is 0 Å². The van der Waals surface area contributed by atoms with Gasteiger partial charge in [0.15, 0.2) is 5.60 Å². The third-order valence-electron chi connectivity index (χ3n) is 6.42. The number of benzene rings is 3. The summed E-state index contributed by atoms with van der Waals surface area (Å²) in [5, 5.41) is 21.2. The molecule has 178 valence electrons. The minimum atomic E-state index is -1.18. The molecule has 7 nitrogen and oxygen atoms in total. The lowest BCUT2D eigenvalue weighted by Gasteiger charge is -2.47. The molecule has 0 saturated carbocycles. The normalized spacial score (nSPS) is 24.4. The molecule has 0 fully saturated rings. The summed E-state index contributed by atoms with van der Waals surface area (Å²) in [6.07, 6.45) is 1.52. The smallest absolute Gasteiger partial charge is 0.338 e. The maximum atomic E-state index is 12.6. The Morgan fingerprint density at radius 2 is 1.60 bits per heavy atom. The SMILES string of the molecule is O=C(OC[C@@]12C=C[C@@H](OC(=O)c3ccccc3)[C@@H](O)[C@H]1Cc1cc(O)ccc1O2)c1ccccc1. The lowest BCUT2D eigenvalue weighted by Crippen LogP contribution is -2.59. The zero-order chi connectivity index (χ0) is 24.4. The van der Waals surface area contributed by atoms with E-state index in [-0.39, 0.29) is 12.4 Å². The Bertz CT molecular complexity index is 1250. The van der Waals surface area contributed by atoms with Crippen molar-refractivity contribution in [1.82, 2.24) is 0 Å². The summed E-state index contributed by atoms with van der Waals surface area (Å²) in [5.41, 5.74) is 0.291. The van der Waals surface area contributed by atoms with E-state index in [1.165, 1.54) is 6.07 Å². The van der Waals surface area contributed by atoms with Crippen molar-refractivity contribution < 1.29 is 34.0 Å². The van der Waals surface area contributed by atoms with Crippen molar-refractivity contribution in [2.75, 3.05) is 6.61 Å². The van der Waals surface area contributed by atoms with Gasteiger partial charge >= 0.3 is 11.9 Å².